The molecule has 31 heavy (non-hydrogen) atoms. The van der Waals surface area contributed by atoms with Crippen LogP contribution in [-0.2, 0) is 13.7 Å². The second kappa shape index (κ2) is 8.35. The van der Waals surface area contributed by atoms with Gasteiger partial charge in [-0.15, -0.1) is 0 Å². The summed E-state index contributed by atoms with van der Waals surface area (Å²) in [7, 11) is 1.56. The van der Waals surface area contributed by atoms with E-state index in [0.717, 1.165) is 33.5 Å². The molecule has 158 valence electrons. The summed E-state index contributed by atoms with van der Waals surface area (Å²) >= 11 is 6.13. The number of halogens is 1. The number of benzene rings is 2. The predicted octanol–water partition coefficient (Wildman–Crippen LogP) is 4.19. The molecule has 0 aliphatic carbocycles. The van der Waals surface area contributed by atoms with Gasteiger partial charge in [0.25, 0.3) is 0 Å². The highest BCUT2D eigenvalue weighted by atomic mass is 35.5. The van der Waals surface area contributed by atoms with Gasteiger partial charge in [-0.05, 0) is 77.7 Å². The van der Waals surface area contributed by atoms with Crippen LogP contribution in [0.2, 0.25) is 5.02 Å². The van der Waals surface area contributed by atoms with E-state index in [0.29, 0.717) is 23.1 Å². The van der Waals surface area contributed by atoms with Crippen LogP contribution in [0.4, 0.5) is 0 Å². The number of nitrogens with zero attached hydrogens (tertiary/aromatic N) is 5. The summed E-state index contributed by atoms with van der Waals surface area (Å²) in [5.41, 5.74) is 6.21. The molecule has 4 rings (SSSR count). The highest BCUT2D eigenvalue weighted by molar-refractivity contribution is 6.30. The van der Waals surface area contributed by atoms with Crippen LogP contribution in [0.3, 0.4) is 0 Å². The van der Waals surface area contributed by atoms with Gasteiger partial charge < -0.3 is 4.74 Å². The largest absolute Gasteiger partial charge is 0.486 e. The molecule has 0 aliphatic heterocycles. The Hall–Kier alpha value is -3.45. The number of tetrazole rings is 1. The summed E-state index contributed by atoms with van der Waals surface area (Å²) in [6.45, 7) is 6.37. The number of rotatable bonds is 5. The first-order valence-electron chi connectivity index (χ1n) is 9.79. The van der Waals surface area contributed by atoms with Crippen LogP contribution in [0.25, 0.3) is 16.9 Å². The lowest BCUT2D eigenvalue weighted by molar-refractivity contribution is 0.301. The van der Waals surface area contributed by atoms with Gasteiger partial charge in [0.1, 0.15) is 18.0 Å². The normalized spacial score (nSPS) is 11.0. The van der Waals surface area contributed by atoms with Crippen LogP contribution in [0.5, 0.6) is 5.75 Å². The zero-order valence-electron chi connectivity index (χ0n) is 17.8. The molecule has 7 nitrogen and oxygen atoms in total. The maximum Gasteiger partial charge on any atom is 0.368 e. The average Bonchev–Trinajstić information content (AvgIpc) is 3.07. The fourth-order valence-electron chi connectivity index (χ4n) is 3.47. The quantitative estimate of drug-likeness (QED) is 0.470. The maximum absolute atomic E-state index is 12.3. The summed E-state index contributed by atoms with van der Waals surface area (Å²) in [5.74, 6) is 0.600. The molecule has 0 radical (unpaired) electrons. The molecule has 0 N–H and O–H groups in total. The van der Waals surface area contributed by atoms with E-state index in [1.165, 1.54) is 9.36 Å². The third kappa shape index (κ3) is 4.09. The molecule has 0 spiro atoms. The standard InChI is InChI=1S/C23H22ClN5O2/c1-14-6-5-7-21(29-23(30)28(4)26-27-29)22(14)31-13-17-10-16(3)19(11-15(17)2)20-12-18(24)8-9-25-20/h5-12H,13H2,1-4H3. The van der Waals surface area contributed by atoms with Crippen molar-refractivity contribution < 1.29 is 4.74 Å². The van der Waals surface area contributed by atoms with E-state index >= 15 is 0 Å². The number of para-hydroxylation sites is 1. The van der Waals surface area contributed by atoms with Gasteiger partial charge >= 0.3 is 5.69 Å². The third-order valence-electron chi connectivity index (χ3n) is 5.19. The lowest BCUT2D eigenvalue weighted by atomic mass is 9.98. The van der Waals surface area contributed by atoms with Gasteiger partial charge in [-0.1, -0.05) is 29.8 Å². The fourth-order valence-corrected chi connectivity index (χ4v) is 3.63. The smallest absolute Gasteiger partial charge is 0.368 e. The molecular formula is C23H22ClN5O2. The van der Waals surface area contributed by atoms with E-state index in [4.69, 9.17) is 16.3 Å². The molecule has 0 bridgehead atoms. The van der Waals surface area contributed by atoms with E-state index in [9.17, 15) is 4.79 Å². The van der Waals surface area contributed by atoms with E-state index < -0.39 is 0 Å². The van der Waals surface area contributed by atoms with Gasteiger partial charge in [0, 0.05) is 23.8 Å². The molecular weight excluding hydrogens is 414 g/mol. The van der Waals surface area contributed by atoms with E-state index in [-0.39, 0.29) is 5.69 Å². The molecule has 0 saturated heterocycles. The number of aromatic nitrogens is 5. The minimum Gasteiger partial charge on any atom is -0.486 e. The monoisotopic (exact) mass is 435 g/mol. The summed E-state index contributed by atoms with van der Waals surface area (Å²) in [5, 5.41) is 8.40. The fraction of sp³-hybridized carbons (Fsp3) is 0.217. The Bertz CT molecular complexity index is 1330. The number of aryl methyl sites for hydroxylation is 4. The highest BCUT2D eigenvalue weighted by Crippen LogP contribution is 2.30. The summed E-state index contributed by atoms with van der Waals surface area (Å²) in [6.07, 6.45) is 1.71. The maximum atomic E-state index is 12.3. The Balaban J connectivity index is 1.66. The van der Waals surface area contributed by atoms with Crippen LogP contribution in [0.15, 0.2) is 53.5 Å². The molecule has 0 amide bonds. The number of hydrogen-bond acceptors (Lipinski definition) is 5. The van der Waals surface area contributed by atoms with Gasteiger partial charge in [0.15, 0.2) is 0 Å². The van der Waals surface area contributed by atoms with Gasteiger partial charge in [0.2, 0.25) is 0 Å². The van der Waals surface area contributed by atoms with Crippen molar-refractivity contribution in [1.29, 1.82) is 0 Å². The van der Waals surface area contributed by atoms with Crippen LogP contribution < -0.4 is 10.4 Å². The molecule has 2 aromatic carbocycles. The Morgan fingerprint density at radius 1 is 1.00 bits per heavy atom. The zero-order chi connectivity index (χ0) is 22.1. The Labute approximate surface area is 184 Å². The molecule has 2 aromatic heterocycles. The van der Waals surface area contributed by atoms with Crippen molar-refractivity contribution in [3.8, 4) is 22.7 Å². The van der Waals surface area contributed by atoms with Gasteiger partial charge in [-0.3, -0.25) is 4.98 Å². The van der Waals surface area contributed by atoms with Gasteiger partial charge in [-0.2, -0.15) is 9.36 Å². The Morgan fingerprint density at radius 3 is 2.52 bits per heavy atom. The third-order valence-corrected chi connectivity index (χ3v) is 5.43. The second-order valence-corrected chi connectivity index (χ2v) is 7.90. The first-order chi connectivity index (χ1) is 14.8. The van der Waals surface area contributed by atoms with E-state index in [2.05, 4.69) is 27.5 Å². The van der Waals surface area contributed by atoms with Crippen molar-refractivity contribution in [1.82, 2.24) is 24.8 Å². The second-order valence-electron chi connectivity index (χ2n) is 7.46. The van der Waals surface area contributed by atoms with Crippen LogP contribution >= 0.6 is 11.6 Å². The van der Waals surface area contributed by atoms with Gasteiger partial charge in [0.05, 0.1) is 5.69 Å². The summed E-state index contributed by atoms with van der Waals surface area (Å²) < 4.78 is 8.63. The number of hydrogen-bond donors (Lipinski definition) is 0. The summed E-state index contributed by atoms with van der Waals surface area (Å²) in [6, 6.07) is 13.4. The molecule has 4 aromatic rings. The first-order valence-corrected chi connectivity index (χ1v) is 10.2. The zero-order valence-corrected chi connectivity index (χ0v) is 18.5. The van der Waals surface area contributed by atoms with E-state index in [1.54, 1.807) is 25.4 Å². The molecule has 0 saturated carbocycles. The first kappa shape index (κ1) is 20.8. The van der Waals surface area contributed by atoms with Crippen molar-refractivity contribution in [3.05, 3.63) is 86.4 Å². The number of pyridine rings is 1. The van der Waals surface area contributed by atoms with E-state index in [1.807, 2.05) is 39.0 Å². The molecule has 8 heteroatoms. The SMILES string of the molecule is Cc1cc(-c2cc(Cl)ccn2)c(C)cc1COc1c(C)cccc1-n1nnn(C)c1=O. The van der Waals surface area contributed by atoms with Crippen molar-refractivity contribution in [2.24, 2.45) is 7.05 Å². The van der Waals surface area contributed by atoms with Crippen LogP contribution in [0.1, 0.15) is 22.3 Å². The highest BCUT2D eigenvalue weighted by Gasteiger charge is 2.15. The molecule has 0 atom stereocenters. The van der Waals surface area contributed by atoms with Crippen LogP contribution in [0, 0.1) is 20.8 Å². The molecule has 2 heterocycles. The minimum absolute atomic E-state index is 0.333. The average molecular weight is 436 g/mol. The van der Waals surface area contributed by atoms with Crippen molar-refractivity contribution in [2.75, 3.05) is 0 Å². The lowest BCUT2D eigenvalue weighted by Crippen LogP contribution is -2.22. The topological polar surface area (TPSA) is 74.8 Å². The molecule has 0 unspecified atom stereocenters. The minimum atomic E-state index is -0.333. The Kier molecular flexibility index (Phi) is 5.61. The van der Waals surface area contributed by atoms with Crippen molar-refractivity contribution in [3.63, 3.8) is 0 Å². The number of ether oxygens (including phenoxy) is 1. The predicted molar refractivity (Wildman–Crippen MR) is 120 cm³/mol. The lowest BCUT2D eigenvalue weighted by Gasteiger charge is -2.16. The van der Waals surface area contributed by atoms with Crippen LogP contribution in [-0.4, -0.2) is 24.8 Å². The van der Waals surface area contributed by atoms with Crippen molar-refractivity contribution in [2.45, 2.75) is 27.4 Å². The summed E-state index contributed by atoms with van der Waals surface area (Å²) in [4.78, 5) is 16.8. The molecule has 0 fully saturated rings. The Morgan fingerprint density at radius 2 is 1.81 bits per heavy atom. The van der Waals surface area contributed by atoms with Gasteiger partial charge in [-0.25, -0.2) is 4.79 Å². The van der Waals surface area contributed by atoms with Crippen molar-refractivity contribution >= 4 is 11.6 Å². The molecule has 0 aliphatic rings.